The number of ether oxygens (including phenoxy) is 1. The van der Waals surface area contributed by atoms with Gasteiger partial charge in [-0.2, -0.15) is 13.2 Å². The fourth-order valence-electron chi connectivity index (χ4n) is 2.44. The summed E-state index contributed by atoms with van der Waals surface area (Å²) in [6, 6.07) is 2.42. The molecule has 0 amide bonds. The third-order valence-electron chi connectivity index (χ3n) is 3.62. The summed E-state index contributed by atoms with van der Waals surface area (Å²) in [5.74, 6) is 0.146. The van der Waals surface area contributed by atoms with E-state index in [1.807, 2.05) is 0 Å². The second-order valence-corrected chi connectivity index (χ2v) is 4.99. The number of rotatable bonds is 2. The summed E-state index contributed by atoms with van der Waals surface area (Å²) < 4.78 is 45.1. The van der Waals surface area contributed by atoms with E-state index in [1.165, 1.54) is 19.4 Å². The highest BCUT2D eigenvalue weighted by atomic mass is 19.4. The molecule has 4 nitrogen and oxygen atoms in total. The van der Waals surface area contributed by atoms with Crippen LogP contribution in [0, 0.1) is 0 Å². The van der Waals surface area contributed by atoms with Crippen molar-refractivity contribution in [1.29, 1.82) is 0 Å². The number of methoxy groups -OCH3 is 1. The average Bonchev–Trinajstić information content (AvgIpc) is 2.75. The number of hydrogen-bond acceptors (Lipinski definition) is 3. The van der Waals surface area contributed by atoms with Gasteiger partial charge in [0, 0.05) is 24.2 Å². The first-order valence-corrected chi connectivity index (χ1v) is 6.21. The molecule has 1 N–H and O–H groups in total. The van der Waals surface area contributed by atoms with Crippen molar-refractivity contribution in [2.75, 3.05) is 7.11 Å². The van der Waals surface area contributed by atoms with Crippen LogP contribution >= 0.6 is 0 Å². The van der Waals surface area contributed by atoms with E-state index in [1.54, 1.807) is 0 Å². The third-order valence-corrected chi connectivity index (χ3v) is 3.62. The lowest BCUT2D eigenvalue weighted by Gasteiger charge is -2.29. The average molecular weight is 286 g/mol. The van der Waals surface area contributed by atoms with Crippen molar-refractivity contribution in [2.24, 2.45) is 0 Å². The lowest BCUT2D eigenvalue weighted by atomic mass is 9.80. The topological polar surface area (TPSA) is 46.8 Å². The number of alkyl halides is 3. The third kappa shape index (κ3) is 2.11. The van der Waals surface area contributed by atoms with Gasteiger partial charge in [0.25, 0.3) is 0 Å². The molecule has 0 bridgehead atoms. The molecule has 1 saturated carbocycles. The van der Waals surface area contributed by atoms with Gasteiger partial charge in [-0.15, -0.1) is 0 Å². The second-order valence-electron chi connectivity index (χ2n) is 4.99. The Morgan fingerprint density at radius 3 is 2.60 bits per heavy atom. The number of aliphatic hydroxyl groups is 1. The number of aromatic nitrogens is 2. The van der Waals surface area contributed by atoms with Crippen molar-refractivity contribution in [1.82, 2.24) is 9.38 Å². The molecule has 0 atom stereocenters. The number of imidazole rings is 1. The molecule has 7 heteroatoms. The largest absolute Gasteiger partial charge is 0.497 e. The Bertz CT molecular complexity index is 645. The van der Waals surface area contributed by atoms with Gasteiger partial charge in [-0.1, -0.05) is 0 Å². The minimum absolute atomic E-state index is 0.0250. The maximum atomic E-state index is 13.1. The fourth-order valence-corrected chi connectivity index (χ4v) is 2.44. The zero-order valence-corrected chi connectivity index (χ0v) is 10.7. The number of nitrogens with zero attached hydrogens (tertiary/aromatic N) is 2. The molecule has 1 aliphatic rings. The highest BCUT2D eigenvalue weighted by Crippen LogP contribution is 2.38. The van der Waals surface area contributed by atoms with Gasteiger partial charge in [0.15, 0.2) is 0 Å². The van der Waals surface area contributed by atoms with Crippen molar-refractivity contribution in [3.05, 3.63) is 29.7 Å². The van der Waals surface area contributed by atoms with Gasteiger partial charge in [0.2, 0.25) is 0 Å². The summed E-state index contributed by atoms with van der Waals surface area (Å²) in [4.78, 5) is 4.22. The van der Waals surface area contributed by atoms with Gasteiger partial charge in [0.05, 0.1) is 18.9 Å². The van der Waals surface area contributed by atoms with Gasteiger partial charge in [-0.05, 0) is 12.8 Å². The summed E-state index contributed by atoms with van der Waals surface area (Å²) in [7, 11) is 1.32. The number of hydrogen-bond donors (Lipinski definition) is 1. The lowest BCUT2D eigenvalue weighted by molar-refractivity contribution is -0.142. The van der Waals surface area contributed by atoms with E-state index >= 15 is 0 Å². The number of aliphatic hydroxyl groups excluding tert-OH is 1. The molecular weight excluding hydrogens is 273 g/mol. The predicted molar refractivity (Wildman–Crippen MR) is 64.7 cm³/mol. The minimum Gasteiger partial charge on any atom is -0.497 e. The zero-order valence-electron chi connectivity index (χ0n) is 10.7. The van der Waals surface area contributed by atoms with Crippen molar-refractivity contribution in [3.63, 3.8) is 0 Å². The van der Waals surface area contributed by atoms with Crippen LogP contribution in [0.3, 0.4) is 0 Å². The van der Waals surface area contributed by atoms with Crippen LogP contribution in [-0.2, 0) is 6.18 Å². The highest BCUT2D eigenvalue weighted by molar-refractivity contribution is 5.49. The molecule has 0 radical (unpaired) electrons. The first kappa shape index (κ1) is 13.2. The van der Waals surface area contributed by atoms with Crippen LogP contribution in [0.5, 0.6) is 5.75 Å². The molecule has 20 heavy (non-hydrogen) atoms. The van der Waals surface area contributed by atoms with E-state index < -0.39 is 11.9 Å². The Balaban J connectivity index is 2.12. The summed E-state index contributed by atoms with van der Waals surface area (Å²) >= 11 is 0. The Morgan fingerprint density at radius 2 is 2.05 bits per heavy atom. The lowest BCUT2D eigenvalue weighted by Crippen LogP contribution is -2.26. The molecule has 1 fully saturated rings. The monoisotopic (exact) mass is 286 g/mol. The van der Waals surface area contributed by atoms with Crippen LogP contribution in [0.25, 0.3) is 5.65 Å². The molecule has 0 unspecified atom stereocenters. The van der Waals surface area contributed by atoms with E-state index in [9.17, 15) is 18.3 Å². The minimum atomic E-state index is -4.48. The maximum Gasteiger partial charge on any atom is 0.431 e. The second kappa shape index (κ2) is 4.37. The van der Waals surface area contributed by atoms with Crippen LogP contribution in [0.15, 0.2) is 18.3 Å². The van der Waals surface area contributed by atoms with E-state index in [-0.39, 0.29) is 23.4 Å². The molecule has 108 valence electrons. The molecule has 0 saturated heterocycles. The Morgan fingerprint density at radius 1 is 1.35 bits per heavy atom. The van der Waals surface area contributed by atoms with Gasteiger partial charge >= 0.3 is 6.18 Å². The first-order valence-electron chi connectivity index (χ1n) is 6.21. The maximum absolute atomic E-state index is 13.1. The summed E-state index contributed by atoms with van der Waals surface area (Å²) in [6.45, 7) is 0. The summed E-state index contributed by atoms with van der Waals surface area (Å²) in [5, 5.41) is 9.29. The molecule has 2 aromatic heterocycles. The first-order chi connectivity index (χ1) is 9.38. The van der Waals surface area contributed by atoms with Crippen LogP contribution < -0.4 is 4.74 Å². The highest BCUT2D eigenvalue weighted by Gasteiger charge is 2.36. The van der Waals surface area contributed by atoms with Crippen molar-refractivity contribution in [3.8, 4) is 5.75 Å². The number of pyridine rings is 1. The van der Waals surface area contributed by atoms with E-state index in [4.69, 9.17) is 4.74 Å². The summed E-state index contributed by atoms with van der Waals surface area (Å²) in [5.41, 5.74) is -0.0346. The van der Waals surface area contributed by atoms with Crippen LogP contribution in [-0.4, -0.2) is 27.7 Å². The smallest absolute Gasteiger partial charge is 0.431 e. The predicted octanol–water partition coefficient (Wildman–Crippen LogP) is 2.60. The van der Waals surface area contributed by atoms with E-state index in [0.717, 1.165) is 10.5 Å². The van der Waals surface area contributed by atoms with Crippen LogP contribution in [0.1, 0.15) is 30.1 Å². The number of halogens is 3. The Kier molecular flexibility index (Phi) is 2.89. The van der Waals surface area contributed by atoms with Crippen LogP contribution in [0.2, 0.25) is 0 Å². The fraction of sp³-hybridized carbons (Fsp3) is 0.462. The SMILES string of the molecule is COc1cc(C(F)(F)F)n2cc(C3CC(O)C3)nc2c1. The molecule has 3 rings (SSSR count). The summed E-state index contributed by atoms with van der Waals surface area (Å²) in [6.07, 6.45) is -2.37. The Hall–Kier alpha value is -1.76. The van der Waals surface area contributed by atoms with Crippen molar-refractivity contribution in [2.45, 2.75) is 31.0 Å². The van der Waals surface area contributed by atoms with Gasteiger partial charge in [0.1, 0.15) is 17.1 Å². The van der Waals surface area contributed by atoms with Gasteiger partial charge < -0.3 is 9.84 Å². The molecule has 0 spiro atoms. The molecular formula is C13H13F3N2O2. The van der Waals surface area contributed by atoms with Crippen molar-refractivity contribution < 1.29 is 23.0 Å². The van der Waals surface area contributed by atoms with Crippen molar-refractivity contribution >= 4 is 5.65 Å². The molecule has 2 heterocycles. The quantitative estimate of drug-likeness (QED) is 0.923. The van der Waals surface area contributed by atoms with Gasteiger partial charge in [-0.3, -0.25) is 4.40 Å². The van der Waals surface area contributed by atoms with E-state index in [2.05, 4.69) is 4.98 Å². The Labute approximate surface area is 112 Å². The number of fused-ring (bicyclic) bond motifs is 1. The standard InChI is InChI=1S/C13H13F3N2O2/c1-20-9-4-11(13(14,15)16)18-6-10(17-12(18)5-9)7-2-8(19)3-7/h4-8,19H,2-3H2,1H3. The van der Waals surface area contributed by atoms with Gasteiger partial charge in [-0.25, -0.2) is 4.98 Å². The zero-order chi connectivity index (χ0) is 14.5. The molecule has 0 aliphatic heterocycles. The molecule has 2 aromatic rings. The van der Waals surface area contributed by atoms with Crippen LogP contribution in [0.4, 0.5) is 13.2 Å². The normalized spacial score (nSPS) is 22.9. The van der Waals surface area contributed by atoms with E-state index in [0.29, 0.717) is 18.5 Å². The molecule has 0 aromatic carbocycles. The molecule has 1 aliphatic carbocycles.